The van der Waals surface area contributed by atoms with Crippen LogP contribution in [0.5, 0.6) is 0 Å². The molecule has 0 amide bonds. The van der Waals surface area contributed by atoms with E-state index in [4.69, 9.17) is 0 Å². The molecule has 0 unspecified atom stereocenters. The first-order valence-electron chi connectivity index (χ1n) is 0. The Morgan fingerprint density at radius 1 is 1.00 bits per heavy atom. The van der Waals surface area contributed by atoms with E-state index in [-0.39, 0.29) is 160 Å². The number of hydrogen-bond acceptors (Lipinski definition) is 0. The molecular weight excluding hydrogens is 619 g/mol. The zero-order valence-electron chi connectivity index (χ0n) is 1.79. The van der Waals surface area contributed by atoms with Crippen LogP contribution >= 0.6 is 0 Å². The molecular formula is H4CaCuOPbSrTl. The predicted octanol–water partition coefficient (Wildman–Crippen LogP) is -2.72. The average Bonchev–Trinajstić information content (AvgIpc) is 0. The molecule has 1 nitrogen and oxygen atoms in total. The summed E-state index contributed by atoms with van der Waals surface area (Å²) in [6, 6.07) is 0. The minimum Gasteiger partial charge on any atom is 0 e. The topological polar surface area (TPSA) is 28.5 Å². The summed E-state index contributed by atoms with van der Waals surface area (Å²) in [5, 5.41) is 0. The van der Waals surface area contributed by atoms with Crippen molar-refractivity contribution in [3.63, 3.8) is 0 Å². The molecule has 0 atom stereocenters. The second kappa shape index (κ2) is 32.2. The molecule has 32 valence electrons. The van der Waals surface area contributed by atoms with Crippen LogP contribution in [-0.4, -0.2) is 138 Å². The molecule has 0 aliphatic carbocycles. The molecule has 0 aromatic heterocycles. The van der Waals surface area contributed by atoms with E-state index in [2.05, 4.69) is 0 Å². The van der Waals surface area contributed by atoms with Gasteiger partial charge in [-0.05, 0) is 0 Å². The standard InChI is InChI=1S/Ca.Cu.O.Pb.Sr.Tl.4H/q;+2;-2;;;;;;;. The van der Waals surface area contributed by atoms with E-state index in [1.807, 2.05) is 0 Å². The van der Waals surface area contributed by atoms with Gasteiger partial charge in [0.25, 0.3) is 0 Å². The van der Waals surface area contributed by atoms with Crippen molar-refractivity contribution in [3.8, 4) is 0 Å². The Morgan fingerprint density at radius 2 is 1.00 bits per heavy atom. The quantitative estimate of drug-likeness (QED) is 0.263. The third-order valence-electron chi connectivity index (χ3n) is 0. The van der Waals surface area contributed by atoms with E-state index >= 15 is 0 Å². The Labute approximate surface area is 156 Å². The van der Waals surface area contributed by atoms with Crippen molar-refractivity contribution in [1.29, 1.82) is 0 Å². The Bertz CT molecular complexity index is 15.5. The summed E-state index contributed by atoms with van der Waals surface area (Å²) in [5.74, 6) is 0. The van der Waals surface area contributed by atoms with Crippen molar-refractivity contribution >= 4 is 138 Å². The molecule has 0 heterocycles. The van der Waals surface area contributed by atoms with Gasteiger partial charge >= 0.3 is 100 Å². The first kappa shape index (κ1) is 43.7. The first-order valence-corrected chi connectivity index (χ1v) is 0. The van der Waals surface area contributed by atoms with Crippen molar-refractivity contribution in [3.05, 3.63) is 0 Å². The Balaban J connectivity index is 0. The molecule has 6 radical (unpaired) electrons. The van der Waals surface area contributed by atoms with Crippen molar-refractivity contribution in [1.82, 2.24) is 0 Å². The van der Waals surface area contributed by atoms with Gasteiger partial charge in [-0.2, -0.15) is 0 Å². The van der Waals surface area contributed by atoms with E-state index in [9.17, 15) is 0 Å². The van der Waals surface area contributed by atoms with Crippen molar-refractivity contribution in [2.75, 3.05) is 0 Å². The number of hydrogen-bond donors (Lipinski definition) is 0. The zero-order chi connectivity index (χ0) is 0. The van der Waals surface area contributed by atoms with Crippen LogP contribution < -0.4 is 0 Å². The van der Waals surface area contributed by atoms with E-state index in [1.54, 1.807) is 0 Å². The second-order valence-electron chi connectivity index (χ2n) is 0. The van der Waals surface area contributed by atoms with E-state index in [0.717, 1.165) is 0 Å². The van der Waals surface area contributed by atoms with Crippen LogP contribution in [0, 0.1) is 0 Å². The van der Waals surface area contributed by atoms with Crippen LogP contribution in [0.15, 0.2) is 0 Å². The normalized spacial score (nSPS) is 0. The Kier molecular flexibility index (Phi) is 235. The van der Waals surface area contributed by atoms with Gasteiger partial charge in [0, 0.05) is 54.6 Å². The smallest absolute Gasteiger partial charge is 0 e. The van der Waals surface area contributed by atoms with E-state index in [0.29, 0.717) is 0 Å². The molecule has 0 saturated carbocycles. The molecule has 6 heavy (non-hydrogen) atoms. The molecule has 0 aromatic rings. The maximum Gasteiger partial charge on any atom is 0 e. The zero-order valence-corrected chi connectivity index (χ0v) is 11.1. The predicted molar refractivity (Wildman–Crippen MR) is 29.3 cm³/mol. The molecule has 0 spiro atoms. The van der Waals surface area contributed by atoms with Gasteiger partial charge in [-0.25, -0.2) is 0 Å². The summed E-state index contributed by atoms with van der Waals surface area (Å²) in [5.41, 5.74) is 0. The van der Waals surface area contributed by atoms with Crippen LogP contribution in [-0.2, 0) is 22.5 Å². The van der Waals surface area contributed by atoms with Gasteiger partial charge in [-0.3, -0.25) is 0 Å². The monoisotopic (exact) mass is 624 g/mol. The molecule has 0 fully saturated rings. The summed E-state index contributed by atoms with van der Waals surface area (Å²) in [6.45, 7) is 0. The molecule has 0 aliphatic rings. The first-order chi connectivity index (χ1) is 0. The molecule has 0 N–H and O–H groups in total. The molecule has 0 aliphatic heterocycles. The summed E-state index contributed by atoms with van der Waals surface area (Å²) >= 11 is 0. The minimum absolute atomic E-state index is 0. The van der Waals surface area contributed by atoms with Crippen LogP contribution in [0.1, 0.15) is 0 Å². The van der Waals surface area contributed by atoms with Crippen molar-refractivity contribution in [2.24, 2.45) is 0 Å². The van der Waals surface area contributed by atoms with E-state index in [1.165, 1.54) is 0 Å². The van der Waals surface area contributed by atoms with Gasteiger partial charge in [-0.1, -0.05) is 0 Å². The maximum absolute atomic E-state index is 0. The van der Waals surface area contributed by atoms with Gasteiger partial charge in [0.05, 0.1) is 0 Å². The van der Waals surface area contributed by atoms with Gasteiger partial charge in [0.2, 0.25) is 0 Å². The van der Waals surface area contributed by atoms with Crippen molar-refractivity contribution < 1.29 is 22.5 Å². The molecule has 6 heteroatoms. The number of rotatable bonds is 0. The van der Waals surface area contributed by atoms with Crippen LogP contribution in [0.3, 0.4) is 0 Å². The minimum atomic E-state index is 0. The van der Waals surface area contributed by atoms with Crippen LogP contribution in [0.4, 0.5) is 0 Å². The summed E-state index contributed by atoms with van der Waals surface area (Å²) < 4.78 is 0. The maximum atomic E-state index is 0. The van der Waals surface area contributed by atoms with Crippen LogP contribution in [0.2, 0.25) is 0 Å². The fraction of sp³-hybridized carbons (Fsp3) is 0. The Morgan fingerprint density at radius 3 is 1.00 bits per heavy atom. The SMILES string of the molecule is [CaH2].[Cu+2].[O-2].[Pb].[SrH2].[Tl]. The van der Waals surface area contributed by atoms with Gasteiger partial charge in [0.1, 0.15) is 0 Å². The van der Waals surface area contributed by atoms with E-state index < -0.39 is 0 Å². The van der Waals surface area contributed by atoms with Crippen molar-refractivity contribution in [2.45, 2.75) is 0 Å². The molecule has 0 rings (SSSR count). The third kappa shape index (κ3) is 23.0. The fourth-order valence-corrected chi connectivity index (χ4v) is 0. The molecule has 0 bridgehead atoms. The summed E-state index contributed by atoms with van der Waals surface area (Å²) in [4.78, 5) is 0. The van der Waals surface area contributed by atoms with Crippen LogP contribution in [0.25, 0.3) is 0 Å². The van der Waals surface area contributed by atoms with Gasteiger partial charge in [-0.15, -0.1) is 0 Å². The Hall–Kier alpha value is 5.06. The largest absolute Gasteiger partial charge is 0 e. The average molecular weight is 623 g/mol. The summed E-state index contributed by atoms with van der Waals surface area (Å²) in [7, 11) is 0. The molecule has 0 aromatic carbocycles. The molecule has 0 saturated heterocycles. The third-order valence-corrected chi connectivity index (χ3v) is 0. The van der Waals surface area contributed by atoms with Gasteiger partial charge in [0.15, 0.2) is 0 Å². The van der Waals surface area contributed by atoms with Gasteiger partial charge < -0.3 is 5.48 Å². The second-order valence-corrected chi connectivity index (χ2v) is 0. The fourth-order valence-electron chi connectivity index (χ4n) is 0. The summed E-state index contributed by atoms with van der Waals surface area (Å²) in [6.07, 6.45) is 0.